The molecule has 0 aliphatic heterocycles. The molecule has 0 atom stereocenters. The van der Waals surface area contributed by atoms with Crippen LogP contribution in [0.2, 0.25) is 0 Å². The van der Waals surface area contributed by atoms with E-state index in [2.05, 4.69) is 47.8 Å². The molecule has 3 N–H and O–H groups in total. The average molecular weight is 338 g/mol. The lowest BCUT2D eigenvalue weighted by Crippen LogP contribution is -2.38. The zero-order chi connectivity index (χ0) is 14.9. The zero-order valence-electron chi connectivity index (χ0n) is 12.5. The molecule has 0 radical (unpaired) electrons. The maximum atomic E-state index is 7.77. The lowest BCUT2D eigenvalue weighted by Gasteiger charge is -2.40. The molecule has 1 saturated carbocycles. The van der Waals surface area contributed by atoms with E-state index in [0.717, 1.165) is 15.7 Å². The molecular formula is C16H24BrN3. The summed E-state index contributed by atoms with van der Waals surface area (Å²) in [7, 11) is 2.12. The molecule has 110 valence electrons. The molecule has 0 bridgehead atoms. The van der Waals surface area contributed by atoms with Crippen LogP contribution in [-0.2, 0) is 0 Å². The van der Waals surface area contributed by atoms with Gasteiger partial charge in [0.25, 0.3) is 0 Å². The van der Waals surface area contributed by atoms with Gasteiger partial charge in [0.05, 0.1) is 0 Å². The summed E-state index contributed by atoms with van der Waals surface area (Å²) in [5, 5.41) is 7.77. The van der Waals surface area contributed by atoms with Crippen LogP contribution < -0.4 is 10.6 Å². The van der Waals surface area contributed by atoms with Crippen LogP contribution in [0.25, 0.3) is 0 Å². The highest BCUT2D eigenvalue weighted by Crippen LogP contribution is 2.38. The quantitative estimate of drug-likeness (QED) is 0.643. The Morgan fingerprint density at radius 1 is 1.35 bits per heavy atom. The van der Waals surface area contributed by atoms with Gasteiger partial charge in [0.1, 0.15) is 5.84 Å². The predicted molar refractivity (Wildman–Crippen MR) is 89.6 cm³/mol. The molecule has 0 heterocycles. The molecule has 0 amide bonds. The van der Waals surface area contributed by atoms with Crippen LogP contribution in [0.4, 0.5) is 5.69 Å². The van der Waals surface area contributed by atoms with Gasteiger partial charge in [0.15, 0.2) is 0 Å². The number of nitrogens with two attached hydrogens (primary N) is 1. The number of rotatable bonds is 3. The van der Waals surface area contributed by atoms with Crippen molar-refractivity contribution in [3.8, 4) is 0 Å². The van der Waals surface area contributed by atoms with Crippen LogP contribution in [0, 0.1) is 10.8 Å². The SMILES string of the molecule is CN(c1ccc(Br)cc1C(=N)N)C1CCC(C)(C)CC1. The number of nitrogens with zero attached hydrogens (tertiary/aromatic N) is 1. The molecule has 1 aliphatic carbocycles. The minimum Gasteiger partial charge on any atom is -0.384 e. The molecule has 20 heavy (non-hydrogen) atoms. The summed E-state index contributed by atoms with van der Waals surface area (Å²) in [6.45, 7) is 4.70. The number of hydrogen-bond acceptors (Lipinski definition) is 2. The van der Waals surface area contributed by atoms with E-state index in [-0.39, 0.29) is 5.84 Å². The molecule has 1 fully saturated rings. The fourth-order valence-corrected chi connectivity index (χ4v) is 3.36. The Kier molecular flexibility index (Phi) is 4.43. The highest BCUT2D eigenvalue weighted by Gasteiger charge is 2.29. The summed E-state index contributed by atoms with van der Waals surface area (Å²) < 4.78 is 0.963. The molecule has 3 nitrogen and oxygen atoms in total. The molecule has 0 saturated heterocycles. The third kappa shape index (κ3) is 3.35. The average Bonchev–Trinajstić information content (AvgIpc) is 2.37. The maximum Gasteiger partial charge on any atom is 0.124 e. The minimum atomic E-state index is 0.129. The Balaban J connectivity index is 2.21. The molecule has 0 aromatic heterocycles. The van der Waals surface area contributed by atoms with Crippen molar-refractivity contribution in [2.75, 3.05) is 11.9 Å². The van der Waals surface area contributed by atoms with Crippen LogP contribution >= 0.6 is 15.9 Å². The largest absolute Gasteiger partial charge is 0.384 e. The zero-order valence-corrected chi connectivity index (χ0v) is 14.1. The highest BCUT2D eigenvalue weighted by molar-refractivity contribution is 9.10. The molecule has 2 rings (SSSR count). The van der Waals surface area contributed by atoms with Crippen LogP contribution in [0.3, 0.4) is 0 Å². The van der Waals surface area contributed by atoms with Gasteiger partial charge in [0, 0.05) is 28.8 Å². The first kappa shape index (κ1) is 15.4. The van der Waals surface area contributed by atoms with Gasteiger partial charge >= 0.3 is 0 Å². The van der Waals surface area contributed by atoms with Gasteiger partial charge in [0.2, 0.25) is 0 Å². The monoisotopic (exact) mass is 337 g/mol. The second-order valence-corrected chi connectivity index (χ2v) is 7.50. The Hall–Kier alpha value is -1.03. The van der Waals surface area contributed by atoms with Crippen molar-refractivity contribution < 1.29 is 0 Å². The van der Waals surface area contributed by atoms with Crippen molar-refractivity contribution in [2.24, 2.45) is 11.1 Å². The Morgan fingerprint density at radius 2 is 1.95 bits per heavy atom. The molecule has 0 unspecified atom stereocenters. The Bertz CT molecular complexity index is 500. The van der Waals surface area contributed by atoms with Gasteiger partial charge in [-0.25, -0.2) is 0 Å². The second-order valence-electron chi connectivity index (χ2n) is 6.58. The van der Waals surface area contributed by atoms with Crippen LogP contribution in [0.15, 0.2) is 22.7 Å². The maximum absolute atomic E-state index is 7.77. The number of anilines is 1. The lowest BCUT2D eigenvalue weighted by atomic mass is 9.75. The van der Waals surface area contributed by atoms with E-state index in [1.54, 1.807) is 0 Å². The standard InChI is InChI=1S/C16H24BrN3/c1-16(2)8-6-12(7-9-16)20(3)14-5-4-11(17)10-13(14)15(18)19/h4-5,10,12H,6-9H2,1-3H3,(H3,18,19). The van der Waals surface area contributed by atoms with Crippen molar-refractivity contribution in [1.82, 2.24) is 0 Å². The third-order valence-electron chi connectivity index (χ3n) is 4.49. The van der Waals surface area contributed by atoms with Crippen molar-refractivity contribution >= 4 is 27.5 Å². The summed E-state index contributed by atoms with van der Waals surface area (Å²) >= 11 is 3.45. The number of benzene rings is 1. The van der Waals surface area contributed by atoms with Crippen molar-refractivity contribution in [3.63, 3.8) is 0 Å². The van der Waals surface area contributed by atoms with E-state index >= 15 is 0 Å². The van der Waals surface area contributed by atoms with E-state index in [1.807, 2.05) is 12.1 Å². The van der Waals surface area contributed by atoms with E-state index < -0.39 is 0 Å². The smallest absolute Gasteiger partial charge is 0.124 e. The molecule has 1 aromatic carbocycles. The van der Waals surface area contributed by atoms with Crippen molar-refractivity contribution in [2.45, 2.75) is 45.6 Å². The molecule has 0 spiro atoms. The summed E-state index contributed by atoms with van der Waals surface area (Å²) in [6.07, 6.45) is 4.93. The summed E-state index contributed by atoms with van der Waals surface area (Å²) in [6, 6.07) is 6.55. The molecular weight excluding hydrogens is 314 g/mol. The highest BCUT2D eigenvalue weighted by atomic mass is 79.9. The fourth-order valence-electron chi connectivity index (χ4n) is 3.00. The first-order chi connectivity index (χ1) is 9.30. The van der Waals surface area contributed by atoms with E-state index in [0.29, 0.717) is 11.5 Å². The van der Waals surface area contributed by atoms with E-state index in [1.165, 1.54) is 25.7 Å². The third-order valence-corrected chi connectivity index (χ3v) is 4.98. The topological polar surface area (TPSA) is 53.1 Å². The van der Waals surface area contributed by atoms with E-state index in [4.69, 9.17) is 11.1 Å². The number of halogens is 1. The van der Waals surface area contributed by atoms with E-state index in [9.17, 15) is 0 Å². The van der Waals surface area contributed by atoms with Gasteiger partial charge in [-0.3, -0.25) is 5.41 Å². The minimum absolute atomic E-state index is 0.129. The Labute approximate surface area is 130 Å². The fraction of sp³-hybridized carbons (Fsp3) is 0.562. The van der Waals surface area contributed by atoms with Crippen LogP contribution in [0.5, 0.6) is 0 Å². The molecule has 1 aliphatic rings. The number of nitrogens with one attached hydrogen (secondary N) is 1. The first-order valence-corrected chi connectivity index (χ1v) is 7.96. The second kappa shape index (κ2) is 5.76. The van der Waals surface area contributed by atoms with Crippen LogP contribution in [-0.4, -0.2) is 18.9 Å². The van der Waals surface area contributed by atoms with Gasteiger partial charge in [-0.05, 0) is 49.3 Å². The van der Waals surface area contributed by atoms with Gasteiger partial charge in [-0.2, -0.15) is 0 Å². The number of nitrogen functional groups attached to an aromatic ring is 1. The summed E-state index contributed by atoms with van der Waals surface area (Å²) in [5.41, 5.74) is 8.07. The normalized spacial score (nSPS) is 18.8. The predicted octanol–water partition coefficient (Wildman–Crippen LogP) is 4.14. The van der Waals surface area contributed by atoms with Crippen molar-refractivity contribution in [3.05, 3.63) is 28.2 Å². The van der Waals surface area contributed by atoms with Crippen LogP contribution in [0.1, 0.15) is 45.1 Å². The summed E-state index contributed by atoms with van der Waals surface area (Å²) in [4.78, 5) is 2.30. The molecule has 1 aromatic rings. The van der Waals surface area contributed by atoms with Crippen molar-refractivity contribution in [1.29, 1.82) is 5.41 Å². The lowest BCUT2D eigenvalue weighted by molar-refractivity contribution is 0.222. The summed E-state index contributed by atoms with van der Waals surface area (Å²) in [5.74, 6) is 0.129. The van der Waals surface area contributed by atoms with Gasteiger partial charge < -0.3 is 10.6 Å². The van der Waals surface area contributed by atoms with Gasteiger partial charge in [-0.15, -0.1) is 0 Å². The number of hydrogen-bond donors (Lipinski definition) is 2. The molecule has 4 heteroatoms. The Morgan fingerprint density at radius 3 is 2.50 bits per heavy atom. The first-order valence-electron chi connectivity index (χ1n) is 7.17. The van der Waals surface area contributed by atoms with Gasteiger partial charge in [-0.1, -0.05) is 29.8 Å². The number of amidine groups is 1.